The monoisotopic (exact) mass is 259 g/mol. The van der Waals surface area contributed by atoms with E-state index in [2.05, 4.69) is 39.0 Å². The average Bonchev–Trinajstić information content (AvgIpc) is 2.31. The van der Waals surface area contributed by atoms with E-state index in [0.717, 1.165) is 31.6 Å². The molecule has 0 N–H and O–H groups in total. The van der Waals surface area contributed by atoms with Gasteiger partial charge < -0.3 is 4.74 Å². The Morgan fingerprint density at radius 3 is 2.21 bits per heavy atom. The van der Waals surface area contributed by atoms with Gasteiger partial charge in [0.1, 0.15) is 5.75 Å². The Morgan fingerprint density at radius 2 is 1.68 bits per heavy atom. The number of nitriles is 1. The summed E-state index contributed by atoms with van der Waals surface area (Å²) < 4.78 is 5.89. The molecule has 1 rings (SSSR count). The van der Waals surface area contributed by atoms with E-state index in [4.69, 9.17) is 10.00 Å². The van der Waals surface area contributed by atoms with Gasteiger partial charge in [-0.05, 0) is 65.0 Å². The number of benzene rings is 1. The van der Waals surface area contributed by atoms with Gasteiger partial charge in [0.05, 0.1) is 18.1 Å². The third-order valence-electron chi connectivity index (χ3n) is 3.35. The zero-order valence-electron chi connectivity index (χ0n) is 12.8. The molecule has 0 saturated carbocycles. The van der Waals surface area contributed by atoms with Gasteiger partial charge in [0, 0.05) is 0 Å². The fourth-order valence-corrected chi connectivity index (χ4v) is 2.29. The lowest BCUT2D eigenvalue weighted by Crippen LogP contribution is -2.08. The molecule has 0 spiro atoms. The maximum atomic E-state index is 8.95. The molecule has 0 aliphatic heterocycles. The van der Waals surface area contributed by atoms with Crippen molar-refractivity contribution < 1.29 is 4.74 Å². The standard InChI is InChI=1S/C17H25NO/c1-13-10-14(2)16(15(3)11-13)19-9-7-6-8-17(4,5)12-18/h10-11H,6-9H2,1-5H3. The van der Waals surface area contributed by atoms with E-state index in [0.29, 0.717) is 0 Å². The maximum Gasteiger partial charge on any atom is 0.125 e. The van der Waals surface area contributed by atoms with Gasteiger partial charge in [-0.3, -0.25) is 0 Å². The van der Waals surface area contributed by atoms with Crippen molar-refractivity contribution in [1.82, 2.24) is 0 Å². The number of nitrogens with zero attached hydrogens (tertiary/aromatic N) is 1. The molecule has 2 heteroatoms. The summed E-state index contributed by atoms with van der Waals surface area (Å²) in [5.74, 6) is 1.02. The molecular weight excluding hydrogens is 234 g/mol. The largest absolute Gasteiger partial charge is 0.493 e. The highest BCUT2D eigenvalue weighted by molar-refractivity contribution is 5.42. The van der Waals surface area contributed by atoms with Crippen LogP contribution in [0.4, 0.5) is 0 Å². The van der Waals surface area contributed by atoms with Crippen molar-refractivity contribution in [2.75, 3.05) is 6.61 Å². The van der Waals surface area contributed by atoms with Crippen LogP contribution in [0.1, 0.15) is 49.8 Å². The zero-order valence-corrected chi connectivity index (χ0v) is 12.8. The zero-order chi connectivity index (χ0) is 14.5. The molecule has 1 aromatic carbocycles. The van der Waals surface area contributed by atoms with Crippen LogP contribution in [0.25, 0.3) is 0 Å². The van der Waals surface area contributed by atoms with Crippen molar-refractivity contribution in [1.29, 1.82) is 5.26 Å². The quantitative estimate of drug-likeness (QED) is 0.693. The van der Waals surface area contributed by atoms with Crippen LogP contribution in [-0.2, 0) is 0 Å². The minimum absolute atomic E-state index is 0.213. The van der Waals surface area contributed by atoms with Crippen LogP contribution in [0.3, 0.4) is 0 Å². The highest BCUT2D eigenvalue weighted by Crippen LogP contribution is 2.25. The fraction of sp³-hybridized carbons (Fsp3) is 0.588. The molecule has 0 bridgehead atoms. The maximum absolute atomic E-state index is 8.95. The van der Waals surface area contributed by atoms with Gasteiger partial charge in [-0.2, -0.15) is 5.26 Å². The molecule has 0 amide bonds. The van der Waals surface area contributed by atoms with Gasteiger partial charge in [0.15, 0.2) is 0 Å². The Morgan fingerprint density at radius 1 is 1.11 bits per heavy atom. The van der Waals surface area contributed by atoms with E-state index in [1.54, 1.807) is 0 Å². The second-order valence-electron chi connectivity index (χ2n) is 6.03. The summed E-state index contributed by atoms with van der Waals surface area (Å²) in [5, 5.41) is 8.95. The van der Waals surface area contributed by atoms with Gasteiger partial charge in [0.25, 0.3) is 0 Å². The van der Waals surface area contributed by atoms with E-state index in [-0.39, 0.29) is 5.41 Å². The highest BCUT2D eigenvalue weighted by atomic mass is 16.5. The van der Waals surface area contributed by atoms with E-state index in [9.17, 15) is 0 Å². The molecule has 0 unspecified atom stereocenters. The topological polar surface area (TPSA) is 33.0 Å². The molecule has 0 aliphatic rings. The number of unbranched alkanes of at least 4 members (excludes halogenated alkanes) is 1. The summed E-state index contributed by atoms with van der Waals surface area (Å²) in [7, 11) is 0. The van der Waals surface area contributed by atoms with Crippen LogP contribution in [0.15, 0.2) is 12.1 Å². The first-order valence-electron chi connectivity index (χ1n) is 6.97. The lowest BCUT2D eigenvalue weighted by molar-refractivity contribution is 0.291. The summed E-state index contributed by atoms with van der Waals surface area (Å²) in [4.78, 5) is 0. The van der Waals surface area contributed by atoms with Crippen LogP contribution in [0.2, 0.25) is 0 Å². The first kappa shape index (κ1) is 15.6. The van der Waals surface area contributed by atoms with Gasteiger partial charge in [0.2, 0.25) is 0 Å². The van der Waals surface area contributed by atoms with E-state index >= 15 is 0 Å². The van der Waals surface area contributed by atoms with Crippen molar-refractivity contribution >= 4 is 0 Å². The Labute approximate surface area is 117 Å². The van der Waals surface area contributed by atoms with Crippen molar-refractivity contribution in [2.45, 2.75) is 53.9 Å². The van der Waals surface area contributed by atoms with Crippen LogP contribution in [-0.4, -0.2) is 6.61 Å². The third-order valence-corrected chi connectivity index (χ3v) is 3.35. The third kappa shape index (κ3) is 4.95. The van der Waals surface area contributed by atoms with Crippen molar-refractivity contribution in [3.05, 3.63) is 28.8 Å². The number of hydrogen-bond acceptors (Lipinski definition) is 2. The minimum Gasteiger partial charge on any atom is -0.493 e. The van der Waals surface area contributed by atoms with E-state index < -0.39 is 0 Å². The van der Waals surface area contributed by atoms with Gasteiger partial charge in [-0.25, -0.2) is 0 Å². The second-order valence-corrected chi connectivity index (χ2v) is 6.03. The Bertz CT molecular complexity index is 446. The molecular formula is C17H25NO. The lowest BCUT2D eigenvalue weighted by atomic mass is 9.89. The van der Waals surface area contributed by atoms with E-state index in [1.807, 2.05) is 13.8 Å². The molecule has 0 atom stereocenters. The minimum atomic E-state index is -0.213. The normalized spacial score (nSPS) is 11.2. The summed E-state index contributed by atoms with van der Waals surface area (Å²) in [6.07, 6.45) is 2.96. The van der Waals surface area contributed by atoms with Gasteiger partial charge in [-0.15, -0.1) is 0 Å². The lowest BCUT2D eigenvalue weighted by Gasteiger charge is -2.16. The highest BCUT2D eigenvalue weighted by Gasteiger charge is 2.15. The molecule has 104 valence electrons. The molecule has 0 aliphatic carbocycles. The number of aryl methyl sites for hydroxylation is 3. The van der Waals surface area contributed by atoms with Crippen molar-refractivity contribution in [3.63, 3.8) is 0 Å². The number of rotatable bonds is 6. The first-order valence-corrected chi connectivity index (χ1v) is 6.97. The molecule has 0 radical (unpaired) electrons. The predicted molar refractivity (Wildman–Crippen MR) is 79.4 cm³/mol. The van der Waals surface area contributed by atoms with Gasteiger partial charge in [-0.1, -0.05) is 17.7 Å². The molecule has 0 fully saturated rings. The van der Waals surface area contributed by atoms with Crippen molar-refractivity contribution in [3.8, 4) is 11.8 Å². The molecule has 2 nitrogen and oxygen atoms in total. The molecule has 0 saturated heterocycles. The first-order chi connectivity index (χ1) is 8.85. The fourth-order valence-electron chi connectivity index (χ4n) is 2.29. The predicted octanol–water partition coefficient (Wildman–Crippen LogP) is 4.71. The Kier molecular flexibility index (Phi) is 5.42. The average molecular weight is 259 g/mol. The smallest absolute Gasteiger partial charge is 0.125 e. The molecule has 19 heavy (non-hydrogen) atoms. The SMILES string of the molecule is Cc1cc(C)c(OCCCCC(C)(C)C#N)c(C)c1. The van der Waals surface area contributed by atoms with E-state index in [1.165, 1.54) is 16.7 Å². The Hall–Kier alpha value is -1.49. The van der Waals surface area contributed by atoms with Crippen molar-refractivity contribution in [2.24, 2.45) is 5.41 Å². The summed E-state index contributed by atoms with van der Waals surface area (Å²) >= 11 is 0. The molecule has 0 aromatic heterocycles. The van der Waals surface area contributed by atoms with Crippen LogP contribution in [0.5, 0.6) is 5.75 Å². The Balaban J connectivity index is 2.41. The second kappa shape index (κ2) is 6.61. The van der Waals surface area contributed by atoms with Crippen LogP contribution >= 0.6 is 0 Å². The van der Waals surface area contributed by atoms with Gasteiger partial charge >= 0.3 is 0 Å². The summed E-state index contributed by atoms with van der Waals surface area (Å²) in [6.45, 7) is 11.0. The molecule has 1 aromatic rings. The molecule has 0 heterocycles. The summed E-state index contributed by atoms with van der Waals surface area (Å²) in [6, 6.07) is 6.64. The number of hydrogen-bond donors (Lipinski definition) is 0. The summed E-state index contributed by atoms with van der Waals surface area (Å²) in [5.41, 5.74) is 3.47. The number of ether oxygens (including phenoxy) is 1. The van der Waals surface area contributed by atoms with Crippen LogP contribution < -0.4 is 4.74 Å². The van der Waals surface area contributed by atoms with Crippen LogP contribution in [0, 0.1) is 37.5 Å².